The van der Waals surface area contributed by atoms with Crippen LogP contribution in [0.4, 0.5) is 28.8 Å². The largest absolute Gasteiger partial charge is 0.373 e. The number of nitro groups is 2. The third kappa shape index (κ3) is 12.6. The predicted molar refractivity (Wildman–Crippen MR) is 187 cm³/mol. The van der Waals surface area contributed by atoms with Crippen LogP contribution in [-0.4, -0.2) is 35.9 Å². The van der Waals surface area contributed by atoms with Crippen molar-refractivity contribution < 1.29 is 19.4 Å². The molecule has 3 aliphatic carbocycles. The molecule has 3 aliphatic rings. The summed E-state index contributed by atoms with van der Waals surface area (Å²) >= 11 is 3.02. The molecular weight excluding hydrogens is 722 g/mol. The van der Waals surface area contributed by atoms with Crippen LogP contribution in [0.5, 0.6) is 0 Å². The summed E-state index contributed by atoms with van der Waals surface area (Å²) in [4.78, 5) is 60.9. The minimum Gasteiger partial charge on any atom is -0.360 e. The first-order chi connectivity index (χ1) is 24.4. The molecule has 258 valence electrons. The van der Waals surface area contributed by atoms with Crippen molar-refractivity contribution in [2.75, 3.05) is 0 Å². The van der Waals surface area contributed by atoms with Crippen LogP contribution in [0.15, 0.2) is 59.7 Å². The lowest BCUT2D eigenvalue weighted by Crippen LogP contribution is -1.92. The molecule has 15 nitrogen and oxygen atoms in total. The van der Waals surface area contributed by atoms with E-state index in [9.17, 15) is 20.2 Å². The zero-order valence-corrected chi connectivity index (χ0v) is 29.1. The van der Waals surface area contributed by atoms with Gasteiger partial charge in [0, 0.05) is 30.1 Å². The van der Waals surface area contributed by atoms with Crippen LogP contribution < -0.4 is 0 Å². The number of aryl methyl sites for hydroxylation is 2. The lowest BCUT2D eigenvalue weighted by atomic mass is 10.1. The topological polar surface area (TPSA) is 185 Å². The van der Waals surface area contributed by atoms with Crippen LogP contribution in [0.3, 0.4) is 0 Å². The third-order valence-corrected chi connectivity index (χ3v) is 7.94. The fourth-order valence-electron chi connectivity index (χ4n) is 4.53. The molecule has 0 saturated heterocycles. The Labute approximate surface area is 301 Å². The molecule has 0 aromatic carbocycles. The van der Waals surface area contributed by atoms with Gasteiger partial charge in [-0.2, -0.15) is 9.59 Å². The Hall–Kier alpha value is -6.27. The molecule has 16 heteroatoms. The second-order valence-electron chi connectivity index (χ2n) is 11.6. The number of halogens is 1. The lowest BCUT2D eigenvalue weighted by molar-refractivity contribution is -0.384. The molecule has 0 spiro atoms. The first-order valence-corrected chi connectivity index (χ1v) is 16.2. The number of hydrogen-bond donors (Lipinski definition) is 0. The van der Waals surface area contributed by atoms with Gasteiger partial charge in [0.25, 0.3) is 17.2 Å². The van der Waals surface area contributed by atoms with Crippen molar-refractivity contribution >= 4 is 50.9 Å². The number of carbonyl (C=O) groups excluding carboxylic acids is 2. The van der Waals surface area contributed by atoms with Crippen LogP contribution >= 0.6 is 15.9 Å². The van der Waals surface area contributed by atoms with Crippen molar-refractivity contribution in [3.63, 3.8) is 0 Å². The van der Waals surface area contributed by atoms with Crippen LogP contribution in [0.1, 0.15) is 84.1 Å². The SMILES string of the molecule is Cc1cncc(C2CC2)c1.O=C=O.[C-]#[N+]c1ncc(Br)cc1[N+](=O)[O-].[C-]#[N+]c1ncc(C2CC2)cc1C.[C-]#[N+]c1ncc(C2CC2)cc1[N+](=O)[O-]. The van der Waals surface area contributed by atoms with Crippen molar-refractivity contribution in [2.24, 2.45) is 0 Å². The average molecular weight is 753 g/mol. The molecular formula is C35H30BrN9O6. The molecule has 4 heterocycles. The second-order valence-corrected chi connectivity index (χ2v) is 12.5. The summed E-state index contributed by atoms with van der Waals surface area (Å²) in [6.45, 7) is 24.2. The molecule has 4 aromatic heterocycles. The number of rotatable bonds is 5. The number of nitrogens with zero attached hydrogens (tertiary/aromatic N) is 9. The van der Waals surface area contributed by atoms with Gasteiger partial charge in [-0.15, -0.1) is 15.0 Å². The van der Waals surface area contributed by atoms with Crippen LogP contribution in [-0.2, 0) is 9.59 Å². The van der Waals surface area contributed by atoms with Gasteiger partial charge in [-0.1, -0.05) is 31.8 Å². The fourth-order valence-corrected chi connectivity index (χ4v) is 4.85. The summed E-state index contributed by atoms with van der Waals surface area (Å²) in [6.07, 6.45) is 16.4. The molecule has 7 rings (SSSR count). The Balaban J connectivity index is 0.000000180. The van der Waals surface area contributed by atoms with E-state index in [1.54, 1.807) is 6.20 Å². The van der Waals surface area contributed by atoms with Crippen molar-refractivity contribution in [2.45, 2.75) is 70.1 Å². The highest BCUT2D eigenvalue weighted by Crippen LogP contribution is 2.42. The van der Waals surface area contributed by atoms with Gasteiger partial charge in [-0.3, -0.25) is 25.2 Å². The smallest absolute Gasteiger partial charge is 0.360 e. The normalized spacial score (nSPS) is 13.4. The molecule has 3 saturated carbocycles. The molecule has 0 atom stereocenters. The lowest BCUT2D eigenvalue weighted by Gasteiger charge is -1.98. The minimum absolute atomic E-state index is 0.126. The van der Waals surface area contributed by atoms with E-state index in [0.29, 0.717) is 16.2 Å². The molecule has 0 N–H and O–H groups in total. The van der Waals surface area contributed by atoms with Gasteiger partial charge < -0.3 is 14.5 Å². The zero-order valence-electron chi connectivity index (χ0n) is 27.5. The van der Waals surface area contributed by atoms with E-state index in [0.717, 1.165) is 35.8 Å². The van der Waals surface area contributed by atoms with Gasteiger partial charge in [0.1, 0.15) is 18.6 Å². The highest BCUT2D eigenvalue weighted by atomic mass is 79.9. The molecule has 0 aliphatic heterocycles. The van der Waals surface area contributed by atoms with Crippen LogP contribution in [0, 0.1) is 53.8 Å². The highest BCUT2D eigenvalue weighted by Gasteiger charge is 2.28. The average Bonchev–Trinajstić information content (AvgIpc) is 3.95. The van der Waals surface area contributed by atoms with Gasteiger partial charge in [-0.05, 0) is 108 Å². The molecule has 0 unspecified atom stereocenters. The van der Waals surface area contributed by atoms with Crippen LogP contribution in [0.25, 0.3) is 14.5 Å². The van der Waals surface area contributed by atoms with Gasteiger partial charge in [0.2, 0.25) is 0 Å². The third-order valence-electron chi connectivity index (χ3n) is 7.51. The molecule has 4 aromatic rings. The Morgan fingerprint density at radius 1 is 0.667 bits per heavy atom. The molecule has 51 heavy (non-hydrogen) atoms. The molecule has 3 fully saturated rings. The van der Waals surface area contributed by atoms with Gasteiger partial charge >= 0.3 is 17.8 Å². The van der Waals surface area contributed by atoms with E-state index in [4.69, 9.17) is 29.3 Å². The summed E-state index contributed by atoms with van der Waals surface area (Å²) in [6, 6.07) is 7.06. The summed E-state index contributed by atoms with van der Waals surface area (Å²) in [7, 11) is 0. The highest BCUT2D eigenvalue weighted by molar-refractivity contribution is 9.10. The Morgan fingerprint density at radius 2 is 1.08 bits per heavy atom. The van der Waals surface area contributed by atoms with E-state index in [1.807, 2.05) is 25.5 Å². The van der Waals surface area contributed by atoms with E-state index >= 15 is 0 Å². The van der Waals surface area contributed by atoms with E-state index in [2.05, 4.69) is 69.5 Å². The van der Waals surface area contributed by atoms with E-state index in [1.165, 1.54) is 60.7 Å². The van der Waals surface area contributed by atoms with Crippen molar-refractivity contribution in [3.8, 4) is 0 Å². The Morgan fingerprint density at radius 3 is 1.49 bits per heavy atom. The maximum atomic E-state index is 10.6. The fraction of sp³-hybridized carbons (Fsp3) is 0.314. The molecule has 0 radical (unpaired) electrons. The van der Waals surface area contributed by atoms with Crippen molar-refractivity contribution in [1.29, 1.82) is 0 Å². The van der Waals surface area contributed by atoms with E-state index < -0.39 is 9.85 Å². The predicted octanol–water partition coefficient (Wildman–Crippen LogP) is 9.22. The number of pyridine rings is 4. The quantitative estimate of drug-likeness (QED) is 0.108. The monoisotopic (exact) mass is 751 g/mol. The zero-order chi connectivity index (χ0) is 37.5. The Kier molecular flexibility index (Phi) is 14.6. The Bertz CT molecular complexity index is 2050. The first kappa shape index (κ1) is 39.2. The maximum Gasteiger partial charge on any atom is 0.373 e. The summed E-state index contributed by atoms with van der Waals surface area (Å²) in [5, 5.41) is 20.9. The van der Waals surface area contributed by atoms with Gasteiger partial charge in [-0.25, -0.2) is 0 Å². The second kappa shape index (κ2) is 19.1. The van der Waals surface area contributed by atoms with Crippen molar-refractivity contribution in [1.82, 2.24) is 19.9 Å². The van der Waals surface area contributed by atoms with Gasteiger partial charge in [0.05, 0.1) is 14.3 Å². The number of hydrogen-bond acceptors (Lipinski definition) is 10. The summed E-state index contributed by atoms with van der Waals surface area (Å²) in [5.41, 5.74) is 5.45. The summed E-state index contributed by atoms with van der Waals surface area (Å²) < 4.78 is 0.488. The first-order valence-electron chi connectivity index (χ1n) is 15.4. The van der Waals surface area contributed by atoms with Crippen LogP contribution in [0.2, 0.25) is 0 Å². The van der Waals surface area contributed by atoms with Gasteiger partial charge in [0.15, 0.2) is 0 Å². The minimum atomic E-state index is -0.634. The summed E-state index contributed by atoms with van der Waals surface area (Å²) in [5.74, 6) is 2.21. The van der Waals surface area contributed by atoms with E-state index in [-0.39, 0.29) is 29.2 Å². The standard InChI is InChI=1S/C10H10N2.C9H7N3O2.C9H11N.C6H2BrN3O2.CO2/c1-7-5-9(8-3-4-8)6-12-10(7)11-2;1-10-9-8(12(13)14)4-7(5-11-9)6-2-3-6;1-7-4-9(6-10-5-7)8-2-3-8;1-8-6-5(10(11)12)2-4(7)3-9-6;2-1-3/h5-6,8H,3-4H2,1H3;4-6H,2-3H2;4-6,8H,2-3H2,1H3;2-3H;. The van der Waals surface area contributed by atoms with Crippen molar-refractivity contribution in [3.05, 3.63) is 142 Å². The number of aromatic nitrogens is 4. The molecule has 0 amide bonds. The maximum absolute atomic E-state index is 10.6. The molecule has 0 bridgehead atoms.